The van der Waals surface area contributed by atoms with Gasteiger partial charge in [-0.15, -0.1) is 0 Å². The minimum absolute atomic E-state index is 0.188. The maximum atomic E-state index is 12.6. The monoisotopic (exact) mass is 347 g/mol. The Labute approximate surface area is 149 Å². The number of carboxylic acids is 1. The SMILES string of the molecule is CC1(C)CCC(CC(=O)N2CCC(n3cc(C(=O)O)cn3)CC2)CC1. The van der Waals surface area contributed by atoms with Gasteiger partial charge in [0, 0.05) is 25.7 Å². The average molecular weight is 347 g/mol. The summed E-state index contributed by atoms with van der Waals surface area (Å²) in [7, 11) is 0. The molecule has 1 aromatic heterocycles. The third-order valence-electron chi connectivity index (χ3n) is 5.96. The van der Waals surface area contributed by atoms with Gasteiger partial charge in [0.05, 0.1) is 17.8 Å². The molecular formula is C19H29N3O3. The number of carbonyl (C=O) groups is 2. The van der Waals surface area contributed by atoms with E-state index in [4.69, 9.17) is 5.11 Å². The number of likely N-dealkylation sites (tertiary alicyclic amines) is 1. The number of hydrogen-bond acceptors (Lipinski definition) is 3. The highest BCUT2D eigenvalue weighted by Crippen LogP contribution is 2.39. The molecule has 1 saturated carbocycles. The Bertz CT molecular complexity index is 620. The molecule has 0 aromatic carbocycles. The van der Waals surface area contributed by atoms with Crippen molar-refractivity contribution in [2.75, 3.05) is 13.1 Å². The molecule has 1 saturated heterocycles. The maximum absolute atomic E-state index is 12.6. The number of carboxylic acid groups (broad SMARTS) is 1. The predicted molar refractivity (Wildman–Crippen MR) is 94.4 cm³/mol. The summed E-state index contributed by atoms with van der Waals surface area (Å²) >= 11 is 0. The van der Waals surface area contributed by atoms with Gasteiger partial charge in [-0.1, -0.05) is 13.8 Å². The average Bonchev–Trinajstić information content (AvgIpc) is 3.07. The molecule has 2 fully saturated rings. The molecule has 0 unspecified atom stereocenters. The molecule has 1 aliphatic carbocycles. The van der Waals surface area contributed by atoms with E-state index in [-0.39, 0.29) is 17.5 Å². The van der Waals surface area contributed by atoms with Crippen molar-refractivity contribution in [3.05, 3.63) is 18.0 Å². The Morgan fingerprint density at radius 3 is 2.40 bits per heavy atom. The van der Waals surface area contributed by atoms with Gasteiger partial charge in [0.2, 0.25) is 5.91 Å². The summed E-state index contributed by atoms with van der Waals surface area (Å²) in [5, 5.41) is 13.2. The molecule has 6 nitrogen and oxygen atoms in total. The molecule has 0 spiro atoms. The van der Waals surface area contributed by atoms with E-state index in [1.54, 1.807) is 10.9 Å². The number of amides is 1. The lowest BCUT2D eigenvalue weighted by Gasteiger charge is -2.36. The summed E-state index contributed by atoms with van der Waals surface area (Å²) in [5.74, 6) is -0.119. The number of piperidine rings is 1. The van der Waals surface area contributed by atoms with E-state index in [9.17, 15) is 9.59 Å². The number of carbonyl (C=O) groups excluding carboxylic acids is 1. The number of nitrogens with zero attached hydrogens (tertiary/aromatic N) is 3. The van der Waals surface area contributed by atoms with Crippen molar-refractivity contribution in [3.8, 4) is 0 Å². The highest BCUT2D eigenvalue weighted by atomic mass is 16.4. The number of hydrogen-bond donors (Lipinski definition) is 1. The fourth-order valence-corrected chi connectivity index (χ4v) is 4.07. The minimum atomic E-state index is -0.950. The number of rotatable bonds is 4. The Balaban J connectivity index is 1.47. The van der Waals surface area contributed by atoms with E-state index in [1.165, 1.54) is 31.9 Å². The molecule has 1 amide bonds. The molecule has 3 rings (SSSR count). The summed E-state index contributed by atoms with van der Waals surface area (Å²) in [6.07, 6.45) is 10.1. The summed E-state index contributed by atoms with van der Waals surface area (Å²) in [4.78, 5) is 25.5. The van der Waals surface area contributed by atoms with Crippen molar-refractivity contribution in [2.45, 2.75) is 64.8 Å². The van der Waals surface area contributed by atoms with Crippen LogP contribution in [0, 0.1) is 11.3 Å². The smallest absolute Gasteiger partial charge is 0.338 e. The molecule has 0 bridgehead atoms. The van der Waals surface area contributed by atoms with Crippen LogP contribution in [-0.2, 0) is 4.79 Å². The molecule has 1 aromatic rings. The predicted octanol–water partition coefficient (Wildman–Crippen LogP) is 3.35. The third-order valence-corrected chi connectivity index (χ3v) is 5.96. The van der Waals surface area contributed by atoms with E-state index < -0.39 is 5.97 Å². The first-order valence-corrected chi connectivity index (χ1v) is 9.39. The highest BCUT2D eigenvalue weighted by Gasteiger charge is 2.30. The van der Waals surface area contributed by atoms with Gasteiger partial charge in [-0.25, -0.2) is 4.79 Å². The Kier molecular flexibility index (Phi) is 5.16. The molecule has 0 radical (unpaired) electrons. The van der Waals surface area contributed by atoms with Crippen molar-refractivity contribution >= 4 is 11.9 Å². The van der Waals surface area contributed by atoms with E-state index in [1.807, 2.05) is 4.90 Å². The van der Waals surface area contributed by atoms with E-state index in [0.717, 1.165) is 25.9 Å². The van der Waals surface area contributed by atoms with Crippen LogP contribution >= 0.6 is 0 Å². The Hall–Kier alpha value is -1.85. The van der Waals surface area contributed by atoms with Crippen LogP contribution in [0.25, 0.3) is 0 Å². The van der Waals surface area contributed by atoms with Gasteiger partial charge in [-0.2, -0.15) is 5.10 Å². The lowest BCUT2D eigenvalue weighted by molar-refractivity contribution is -0.134. The summed E-state index contributed by atoms with van der Waals surface area (Å²) in [5.41, 5.74) is 0.662. The van der Waals surface area contributed by atoms with Gasteiger partial charge >= 0.3 is 5.97 Å². The van der Waals surface area contributed by atoms with Crippen LogP contribution in [0.15, 0.2) is 12.4 Å². The lowest BCUT2D eigenvalue weighted by atomic mass is 9.72. The van der Waals surface area contributed by atoms with Crippen molar-refractivity contribution in [2.24, 2.45) is 11.3 Å². The van der Waals surface area contributed by atoms with Crippen LogP contribution in [-0.4, -0.2) is 44.8 Å². The maximum Gasteiger partial charge on any atom is 0.338 e. The first kappa shape index (κ1) is 18.0. The van der Waals surface area contributed by atoms with Crippen molar-refractivity contribution in [3.63, 3.8) is 0 Å². The van der Waals surface area contributed by atoms with Crippen molar-refractivity contribution in [1.29, 1.82) is 0 Å². The molecule has 1 aliphatic heterocycles. The van der Waals surface area contributed by atoms with Gasteiger partial charge < -0.3 is 10.0 Å². The van der Waals surface area contributed by atoms with Gasteiger partial charge in [-0.3, -0.25) is 9.48 Å². The fraction of sp³-hybridized carbons (Fsp3) is 0.737. The van der Waals surface area contributed by atoms with E-state index in [2.05, 4.69) is 18.9 Å². The Morgan fingerprint density at radius 1 is 1.20 bits per heavy atom. The van der Waals surface area contributed by atoms with Gasteiger partial charge in [0.25, 0.3) is 0 Å². The van der Waals surface area contributed by atoms with Crippen LogP contribution in [0.3, 0.4) is 0 Å². The molecule has 0 atom stereocenters. The van der Waals surface area contributed by atoms with Crippen LogP contribution < -0.4 is 0 Å². The third kappa shape index (κ3) is 4.41. The molecule has 138 valence electrons. The molecule has 2 aliphatic rings. The molecule has 25 heavy (non-hydrogen) atoms. The van der Waals surface area contributed by atoms with Crippen LogP contribution in [0.4, 0.5) is 0 Å². The Morgan fingerprint density at radius 2 is 1.84 bits per heavy atom. The topological polar surface area (TPSA) is 75.4 Å². The molecule has 1 N–H and O–H groups in total. The van der Waals surface area contributed by atoms with Crippen LogP contribution in [0.1, 0.15) is 75.2 Å². The van der Waals surface area contributed by atoms with Gasteiger partial charge in [0.15, 0.2) is 0 Å². The second-order valence-corrected chi connectivity index (χ2v) is 8.44. The van der Waals surface area contributed by atoms with Crippen molar-refractivity contribution in [1.82, 2.24) is 14.7 Å². The van der Waals surface area contributed by atoms with Crippen LogP contribution in [0.5, 0.6) is 0 Å². The van der Waals surface area contributed by atoms with Gasteiger partial charge in [0.1, 0.15) is 0 Å². The molecular weight excluding hydrogens is 318 g/mol. The number of aromatic carboxylic acids is 1. The second kappa shape index (κ2) is 7.18. The van der Waals surface area contributed by atoms with E-state index >= 15 is 0 Å². The van der Waals surface area contributed by atoms with E-state index in [0.29, 0.717) is 17.8 Å². The zero-order valence-corrected chi connectivity index (χ0v) is 15.3. The molecule has 2 heterocycles. The quantitative estimate of drug-likeness (QED) is 0.906. The first-order valence-electron chi connectivity index (χ1n) is 9.39. The number of aromatic nitrogens is 2. The second-order valence-electron chi connectivity index (χ2n) is 8.44. The fourth-order valence-electron chi connectivity index (χ4n) is 4.07. The first-order chi connectivity index (χ1) is 11.8. The zero-order chi connectivity index (χ0) is 18.0. The standard InChI is InChI=1S/C19H29N3O3/c1-19(2)7-3-14(4-8-19)11-17(23)21-9-5-16(6-10-21)22-13-15(12-20-22)18(24)25/h12-14,16H,3-11H2,1-2H3,(H,24,25). The summed E-state index contributed by atoms with van der Waals surface area (Å²) in [6.45, 7) is 6.12. The lowest BCUT2D eigenvalue weighted by Crippen LogP contribution is -2.40. The minimum Gasteiger partial charge on any atom is -0.478 e. The summed E-state index contributed by atoms with van der Waals surface area (Å²) in [6, 6.07) is 0.188. The molecule has 6 heteroatoms. The van der Waals surface area contributed by atoms with Crippen molar-refractivity contribution < 1.29 is 14.7 Å². The zero-order valence-electron chi connectivity index (χ0n) is 15.3. The van der Waals surface area contributed by atoms with Crippen LogP contribution in [0.2, 0.25) is 0 Å². The normalized spacial score (nSPS) is 22.1. The van der Waals surface area contributed by atoms with Gasteiger partial charge in [-0.05, 0) is 49.9 Å². The largest absolute Gasteiger partial charge is 0.478 e. The summed E-state index contributed by atoms with van der Waals surface area (Å²) < 4.78 is 1.74. The highest BCUT2D eigenvalue weighted by molar-refractivity contribution is 5.86.